The molecule has 0 amide bonds. The number of Topliss-reactive ketones (excluding diaryl/α,β-unsaturated/α-hetero) is 1. The molecule has 0 bridgehead atoms. The van der Waals surface area contributed by atoms with Gasteiger partial charge in [0.1, 0.15) is 5.82 Å². The van der Waals surface area contributed by atoms with Crippen molar-refractivity contribution in [1.29, 1.82) is 0 Å². The highest BCUT2D eigenvalue weighted by atomic mass is 19.1. The Hall–Kier alpha value is -3.48. The van der Waals surface area contributed by atoms with E-state index in [0.717, 1.165) is 5.56 Å². The average molecular weight is 379 g/mol. The van der Waals surface area contributed by atoms with Gasteiger partial charge in [-0.15, -0.1) is 0 Å². The highest BCUT2D eigenvalue weighted by Crippen LogP contribution is 2.34. The molecule has 2 heterocycles. The lowest BCUT2D eigenvalue weighted by Crippen LogP contribution is -2.26. The van der Waals surface area contributed by atoms with Crippen molar-refractivity contribution in [2.24, 2.45) is 0 Å². The maximum absolute atomic E-state index is 13.2. The molecule has 1 atom stereocenters. The molecule has 0 saturated heterocycles. The first-order valence-corrected chi connectivity index (χ1v) is 8.98. The standard InChI is InChI=1S/C21H18FN3O3/c1-2-25-11-10-23-21(25)28-20(27)15-4-3-5-16-19(15)18(26)12-17(24-16)13-6-8-14(22)9-7-13/h3-11,17,24H,2,12H2,1H3. The minimum Gasteiger partial charge on any atom is -0.388 e. The minimum absolute atomic E-state index is 0.159. The number of halogens is 1. The molecular weight excluding hydrogens is 361 g/mol. The predicted octanol–water partition coefficient (Wildman–Crippen LogP) is 4.00. The van der Waals surface area contributed by atoms with Gasteiger partial charge in [-0.05, 0) is 36.8 Å². The number of imidazole rings is 1. The van der Waals surface area contributed by atoms with E-state index in [1.54, 1.807) is 47.3 Å². The summed E-state index contributed by atoms with van der Waals surface area (Å²) >= 11 is 0. The number of nitrogens with one attached hydrogen (secondary N) is 1. The van der Waals surface area contributed by atoms with Crippen LogP contribution in [0.2, 0.25) is 0 Å². The topological polar surface area (TPSA) is 73.2 Å². The van der Waals surface area contributed by atoms with Crippen LogP contribution < -0.4 is 10.1 Å². The summed E-state index contributed by atoms with van der Waals surface area (Å²) in [6, 6.07) is 10.9. The normalized spacial score (nSPS) is 15.6. The lowest BCUT2D eigenvalue weighted by atomic mass is 9.89. The molecule has 0 fully saturated rings. The zero-order valence-corrected chi connectivity index (χ0v) is 15.2. The average Bonchev–Trinajstić information content (AvgIpc) is 3.15. The van der Waals surface area contributed by atoms with Gasteiger partial charge in [0.05, 0.1) is 17.2 Å². The Morgan fingerprint density at radius 2 is 2.07 bits per heavy atom. The molecule has 4 rings (SSSR count). The quantitative estimate of drug-likeness (QED) is 0.694. The van der Waals surface area contributed by atoms with Gasteiger partial charge in [0, 0.05) is 31.0 Å². The zero-order chi connectivity index (χ0) is 19.7. The van der Waals surface area contributed by atoms with Gasteiger partial charge in [0.15, 0.2) is 5.78 Å². The maximum atomic E-state index is 13.2. The van der Waals surface area contributed by atoms with Gasteiger partial charge in [-0.1, -0.05) is 18.2 Å². The third-order valence-corrected chi connectivity index (χ3v) is 4.76. The molecule has 0 saturated carbocycles. The van der Waals surface area contributed by atoms with Gasteiger partial charge >= 0.3 is 12.0 Å². The van der Waals surface area contributed by atoms with Crippen molar-refractivity contribution in [2.75, 3.05) is 5.32 Å². The summed E-state index contributed by atoms with van der Waals surface area (Å²) in [6.45, 7) is 2.52. The van der Waals surface area contributed by atoms with Crippen LogP contribution in [-0.2, 0) is 6.54 Å². The van der Waals surface area contributed by atoms with E-state index in [0.29, 0.717) is 17.8 Å². The van der Waals surface area contributed by atoms with Crippen molar-refractivity contribution in [2.45, 2.75) is 25.9 Å². The first kappa shape index (κ1) is 17.9. The maximum Gasteiger partial charge on any atom is 0.346 e. The third-order valence-electron chi connectivity index (χ3n) is 4.76. The number of ether oxygens (including phenoxy) is 1. The molecule has 0 radical (unpaired) electrons. The summed E-state index contributed by atoms with van der Waals surface area (Å²) < 4.78 is 20.3. The van der Waals surface area contributed by atoms with Gasteiger partial charge < -0.3 is 14.6 Å². The van der Waals surface area contributed by atoms with Crippen molar-refractivity contribution < 1.29 is 18.7 Å². The number of aromatic nitrogens is 2. The van der Waals surface area contributed by atoms with E-state index >= 15 is 0 Å². The second kappa shape index (κ2) is 7.26. The number of ketones is 1. The molecule has 2 aromatic carbocycles. The third kappa shape index (κ3) is 3.26. The lowest BCUT2D eigenvalue weighted by molar-refractivity contribution is 0.0707. The molecule has 142 valence electrons. The Balaban J connectivity index is 1.63. The SMILES string of the molecule is CCn1ccnc1OC(=O)c1cccc2c1C(=O)CC(c1ccc(F)cc1)N2. The number of benzene rings is 2. The smallest absolute Gasteiger partial charge is 0.346 e. The monoisotopic (exact) mass is 379 g/mol. The van der Waals surface area contributed by atoms with Crippen LogP contribution in [0.25, 0.3) is 0 Å². The van der Waals surface area contributed by atoms with Crippen LogP contribution >= 0.6 is 0 Å². The van der Waals surface area contributed by atoms with Crippen LogP contribution in [0.15, 0.2) is 54.9 Å². The Morgan fingerprint density at radius 3 is 2.82 bits per heavy atom. The van der Waals surface area contributed by atoms with Gasteiger partial charge in [0.2, 0.25) is 0 Å². The zero-order valence-electron chi connectivity index (χ0n) is 15.2. The van der Waals surface area contributed by atoms with Crippen LogP contribution in [0.5, 0.6) is 6.01 Å². The van der Waals surface area contributed by atoms with Crippen LogP contribution in [0.3, 0.4) is 0 Å². The van der Waals surface area contributed by atoms with E-state index in [1.807, 2.05) is 6.92 Å². The number of carbonyl (C=O) groups is 2. The molecule has 0 spiro atoms. The van der Waals surface area contributed by atoms with Crippen molar-refractivity contribution in [3.8, 4) is 6.01 Å². The Morgan fingerprint density at radius 1 is 1.29 bits per heavy atom. The summed E-state index contributed by atoms with van der Waals surface area (Å²) in [5, 5.41) is 3.27. The number of hydrogen-bond donors (Lipinski definition) is 1. The van der Waals surface area contributed by atoms with Crippen molar-refractivity contribution in [1.82, 2.24) is 9.55 Å². The number of anilines is 1. The molecule has 1 N–H and O–H groups in total. The number of carbonyl (C=O) groups excluding carboxylic acids is 2. The predicted molar refractivity (Wildman–Crippen MR) is 101 cm³/mol. The number of nitrogens with zero attached hydrogens (tertiary/aromatic N) is 2. The molecule has 3 aromatic rings. The lowest BCUT2D eigenvalue weighted by Gasteiger charge is -2.27. The van der Waals surface area contributed by atoms with Gasteiger partial charge in [-0.3, -0.25) is 4.79 Å². The van der Waals surface area contributed by atoms with E-state index in [-0.39, 0.29) is 35.6 Å². The first-order valence-electron chi connectivity index (χ1n) is 8.98. The molecule has 0 aliphatic carbocycles. The van der Waals surface area contributed by atoms with Gasteiger partial charge in [0.25, 0.3) is 0 Å². The van der Waals surface area contributed by atoms with E-state index < -0.39 is 5.97 Å². The van der Waals surface area contributed by atoms with E-state index in [9.17, 15) is 14.0 Å². The van der Waals surface area contributed by atoms with Crippen LogP contribution in [0.4, 0.5) is 10.1 Å². The van der Waals surface area contributed by atoms with Crippen LogP contribution in [-0.4, -0.2) is 21.3 Å². The Bertz CT molecular complexity index is 1040. The fourth-order valence-corrected chi connectivity index (χ4v) is 3.34. The molecule has 1 aromatic heterocycles. The summed E-state index contributed by atoms with van der Waals surface area (Å²) in [7, 11) is 0. The van der Waals surface area contributed by atoms with E-state index in [4.69, 9.17) is 4.74 Å². The summed E-state index contributed by atoms with van der Waals surface area (Å²) in [5.74, 6) is -1.13. The van der Waals surface area contributed by atoms with E-state index in [2.05, 4.69) is 10.3 Å². The second-order valence-corrected chi connectivity index (χ2v) is 6.49. The summed E-state index contributed by atoms with van der Waals surface area (Å²) in [4.78, 5) is 29.6. The number of rotatable bonds is 4. The fraction of sp³-hybridized carbons (Fsp3) is 0.190. The molecule has 1 aliphatic heterocycles. The molecular formula is C21H18FN3O3. The van der Waals surface area contributed by atoms with E-state index in [1.165, 1.54) is 12.1 Å². The van der Waals surface area contributed by atoms with Crippen molar-refractivity contribution in [3.63, 3.8) is 0 Å². The molecule has 1 unspecified atom stereocenters. The van der Waals surface area contributed by atoms with Gasteiger partial charge in [-0.2, -0.15) is 0 Å². The first-order chi connectivity index (χ1) is 13.6. The second-order valence-electron chi connectivity index (χ2n) is 6.49. The Labute approximate surface area is 161 Å². The molecule has 7 heteroatoms. The fourth-order valence-electron chi connectivity index (χ4n) is 3.34. The molecule has 1 aliphatic rings. The van der Waals surface area contributed by atoms with Crippen molar-refractivity contribution >= 4 is 17.4 Å². The van der Waals surface area contributed by atoms with Crippen LogP contribution in [0.1, 0.15) is 45.7 Å². The largest absolute Gasteiger partial charge is 0.388 e. The molecule has 6 nitrogen and oxygen atoms in total. The van der Waals surface area contributed by atoms with Crippen LogP contribution in [0, 0.1) is 5.82 Å². The summed E-state index contributed by atoms with van der Waals surface area (Å²) in [5.41, 5.74) is 1.86. The highest BCUT2D eigenvalue weighted by molar-refractivity contribution is 6.12. The minimum atomic E-state index is -0.631. The number of hydrogen-bond acceptors (Lipinski definition) is 5. The highest BCUT2D eigenvalue weighted by Gasteiger charge is 2.30. The summed E-state index contributed by atoms with van der Waals surface area (Å²) in [6.07, 6.45) is 3.42. The molecule has 28 heavy (non-hydrogen) atoms. The number of esters is 1. The Kier molecular flexibility index (Phi) is 4.65. The number of fused-ring (bicyclic) bond motifs is 1. The number of aryl methyl sites for hydroxylation is 1. The van der Waals surface area contributed by atoms with Gasteiger partial charge in [-0.25, -0.2) is 14.2 Å². The van der Waals surface area contributed by atoms with Crippen molar-refractivity contribution in [3.05, 3.63) is 77.4 Å².